The van der Waals surface area contributed by atoms with Crippen molar-refractivity contribution in [1.82, 2.24) is 14.9 Å². The quantitative estimate of drug-likeness (QED) is 0.789. The molecule has 1 fully saturated rings. The van der Waals surface area contributed by atoms with Crippen molar-refractivity contribution in [2.24, 2.45) is 0 Å². The molecule has 26 heavy (non-hydrogen) atoms. The van der Waals surface area contributed by atoms with Crippen molar-refractivity contribution in [1.29, 1.82) is 5.26 Å². The zero-order chi connectivity index (χ0) is 18.4. The summed E-state index contributed by atoms with van der Waals surface area (Å²) in [5.74, 6) is 0.899. The second-order valence-electron chi connectivity index (χ2n) is 6.37. The largest absolute Gasteiger partial charge is 0.497 e. The molecule has 2 aromatic rings. The van der Waals surface area contributed by atoms with E-state index in [9.17, 15) is 10.1 Å². The number of imidazole rings is 1. The Morgan fingerprint density at radius 2 is 2.08 bits per heavy atom. The maximum Gasteiger partial charge on any atom is 0.231 e. The summed E-state index contributed by atoms with van der Waals surface area (Å²) in [6.45, 7) is 0. The molecular formula is C19H22N4O2S. The Hall–Kier alpha value is -2.46. The van der Waals surface area contributed by atoms with Gasteiger partial charge >= 0.3 is 0 Å². The predicted octanol–water partition coefficient (Wildman–Crippen LogP) is 3.32. The van der Waals surface area contributed by atoms with E-state index in [1.807, 2.05) is 35.0 Å². The molecule has 0 saturated heterocycles. The summed E-state index contributed by atoms with van der Waals surface area (Å²) in [6, 6.07) is 9.97. The third-order valence-corrected chi connectivity index (χ3v) is 5.56. The molecule has 1 aliphatic carbocycles. The van der Waals surface area contributed by atoms with Crippen LogP contribution in [0, 0.1) is 11.3 Å². The lowest BCUT2D eigenvalue weighted by molar-refractivity contribution is -0.120. The second kappa shape index (κ2) is 8.28. The van der Waals surface area contributed by atoms with Gasteiger partial charge in [-0.05, 0) is 37.1 Å². The monoisotopic (exact) mass is 370 g/mol. The van der Waals surface area contributed by atoms with E-state index in [2.05, 4.69) is 16.4 Å². The molecule has 0 aliphatic heterocycles. The molecule has 0 radical (unpaired) electrons. The molecule has 1 amide bonds. The lowest BCUT2D eigenvalue weighted by Crippen LogP contribution is -2.49. The summed E-state index contributed by atoms with van der Waals surface area (Å²) < 4.78 is 7.11. The summed E-state index contributed by atoms with van der Waals surface area (Å²) in [6.07, 6.45) is 8.15. The fourth-order valence-electron chi connectivity index (χ4n) is 3.19. The summed E-state index contributed by atoms with van der Waals surface area (Å²) >= 11 is 1.36. The molecule has 1 aromatic heterocycles. The van der Waals surface area contributed by atoms with Gasteiger partial charge in [0.05, 0.1) is 18.9 Å². The summed E-state index contributed by atoms with van der Waals surface area (Å²) in [7, 11) is 1.63. The van der Waals surface area contributed by atoms with E-state index in [1.165, 1.54) is 11.8 Å². The van der Waals surface area contributed by atoms with Crippen molar-refractivity contribution in [3.8, 4) is 17.5 Å². The maximum absolute atomic E-state index is 12.4. The highest BCUT2D eigenvalue weighted by Crippen LogP contribution is 2.28. The van der Waals surface area contributed by atoms with E-state index in [1.54, 1.807) is 13.3 Å². The van der Waals surface area contributed by atoms with Crippen LogP contribution >= 0.6 is 11.8 Å². The smallest absolute Gasteiger partial charge is 0.231 e. The highest BCUT2D eigenvalue weighted by Gasteiger charge is 2.33. The third-order valence-electron chi connectivity index (χ3n) is 4.59. The number of amides is 1. The average Bonchev–Trinajstić information content (AvgIpc) is 3.16. The van der Waals surface area contributed by atoms with Crippen LogP contribution in [0.15, 0.2) is 41.8 Å². The van der Waals surface area contributed by atoms with Gasteiger partial charge in [0.1, 0.15) is 11.3 Å². The molecular weight excluding hydrogens is 348 g/mol. The van der Waals surface area contributed by atoms with Gasteiger partial charge in [0.2, 0.25) is 5.91 Å². The molecule has 136 valence electrons. The van der Waals surface area contributed by atoms with E-state index in [4.69, 9.17) is 4.74 Å². The van der Waals surface area contributed by atoms with Crippen molar-refractivity contribution in [3.63, 3.8) is 0 Å². The van der Waals surface area contributed by atoms with Gasteiger partial charge in [-0.2, -0.15) is 5.26 Å². The molecule has 0 bridgehead atoms. The molecule has 0 spiro atoms. The van der Waals surface area contributed by atoms with E-state index in [0.717, 1.165) is 48.7 Å². The third kappa shape index (κ3) is 4.20. The molecule has 0 unspecified atom stereocenters. The number of aromatic nitrogens is 2. The van der Waals surface area contributed by atoms with Gasteiger partial charge in [0.25, 0.3) is 0 Å². The standard InChI is InChI=1S/C19H22N4O2S/c1-25-16-7-5-15(6-8-16)23-12-11-21-18(23)26-13-17(24)22-19(14-20)9-3-2-4-10-19/h5-8,11-12H,2-4,9-10,13H2,1H3,(H,22,24). The van der Waals surface area contributed by atoms with Crippen LogP contribution in [0.2, 0.25) is 0 Å². The van der Waals surface area contributed by atoms with Crippen LogP contribution < -0.4 is 10.1 Å². The summed E-state index contributed by atoms with van der Waals surface area (Å²) in [5.41, 5.74) is 0.258. The molecule has 1 aromatic carbocycles. The zero-order valence-electron chi connectivity index (χ0n) is 14.8. The van der Waals surface area contributed by atoms with Crippen LogP contribution in [-0.4, -0.2) is 33.9 Å². The van der Waals surface area contributed by atoms with Gasteiger partial charge in [-0.1, -0.05) is 31.0 Å². The molecule has 6 nitrogen and oxygen atoms in total. The minimum absolute atomic E-state index is 0.122. The Bertz CT molecular complexity index is 789. The number of thioether (sulfide) groups is 1. The van der Waals surface area contributed by atoms with Crippen LogP contribution in [0.25, 0.3) is 5.69 Å². The van der Waals surface area contributed by atoms with Crippen molar-refractivity contribution < 1.29 is 9.53 Å². The normalized spacial score (nSPS) is 15.8. The van der Waals surface area contributed by atoms with Gasteiger partial charge in [0.15, 0.2) is 5.16 Å². The summed E-state index contributed by atoms with van der Waals surface area (Å²) in [5, 5.41) is 13.2. The van der Waals surface area contributed by atoms with Crippen molar-refractivity contribution >= 4 is 17.7 Å². The number of nitrogens with zero attached hydrogens (tertiary/aromatic N) is 3. The van der Waals surface area contributed by atoms with Crippen LogP contribution in [0.5, 0.6) is 5.75 Å². The number of rotatable bonds is 6. The number of hydrogen-bond donors (Lipinski definition) is 1. The van der Waals surface area contributed by atoms with Gasteiger partial charge < -0.3 is 10.1 Å². The van der Waals surface area contributed by atoms with Crippen LogP contribution in [0.3, 0.4) is 0 Å². The number of hydrogen-bond acceptors (Lipinski definition) is 5. The Kier molecular flexibility index (Phi) is 5.84. The van der Waals surface area contributed by atoms with Crippen molar-refractivity contribution in [2.45, 2.75) is 42.8 Å². The lowest BCUT2D eigenvalue weighted by atomic mass is 9.83. The Balaban J connectivity index is 1.62. The predicted molar refractivity (Wildman–Crippen MR) is 100 cm³/mol. The molecule has 1 saturated carbocycles. The van der Waals surface area contributed by atoms with Gasteiger partial charge in [0, 0.05) is 18.1 Å². The molecule has 3 rings (SSSR count). The minimum Gasteiger partial charge on any atom is -0.497 e. The first kappa shape index (κ1) is 18.3. The fourth-order valence-corrected chi connectivity index (χ4v) is 3.96. The number of nitrogens with one attached hydrogen (secondary N) is 1. The molecule has 0 atom stereocenters. The zero-order valence-corrected chi connectivity index (χ0v) is 15.6. The van der Waals surface area contributed by atoms with Crippen LogP contribution in [0.1, 0.15) is 32.1 Å². The number of ether oxygens (including phenoxy) is 1. The second-order valence-corrected chi connectivity index (χ2v) is 7.31. The highest BCUT2D eigenvalue weighted by atomic mass is 32.2. The lowest BCUT2D eigenvalue weighted by Gasteiger charge is -2.31. The number of nitriles is 1. The SMILES string of the molecule is COc1ccc(-n2ccnc2SCC(=O)NC2(C#N)CCCCC2)cc1. The minimum atomic E-state index is -0.693. The molecule has 1 aliphatic rings. The van der Waals surface area contributed by atoms with Gasteiger partial charge in [-0.25, -0.2) is 4.98 Å². The number of carbonyl (C=O) groups is 1. The first-order chi connectivity index (χ1) is 12.7. The highest BCUT2D eigenvalue weighted by molar-refractivity contribution is 7.99. The Labute approximate surface area is 157 Å². The average molecular weight is 370 g/mol. The number of benzene rings is 1. The topological polar surface area (TPSA) is 79.9 Å². The van der Waals surface area contributed by atoms with Crippen molar-refractivity contribution in [3.05, 3.63) is 36.7 Å². The Morgan fingerprint density at radius 3 is 2.73 bits per heavy atom. The fraction of sp³-hybridized carbons (Fsp3) is 0.421. The number of carbonyl (C=O) groups excluding carboxylic acids is 1. The van der Waals surface area contributed by atoms with Gasteiger partial charge in [-0.3, -0.25) is 9.36 Å². The maximum atomic E-state index is 12.4. The Morgan fingerprint density at radius 1 is 1.35 bits per heavy atom. The molecule has 7 heteroatoms. The summed E-state index contributed by atoms with van der Waals surface area (Å²) in [4.78, 5) is 16.7. The molecule has 1 N–H and O–H groups in total. The number of methoxy groups -OCH3 is 1. The van der Waals surface area contributed by atoms with E-state index < -0.39 is 5.54 Å². The molecule has 1 heterocycles. The van der Waals surface area contributed by atoms with Crippen LogP contribution in [-0.2, 0) is 4.79 Å². The van der Waals surface area contributed by atoms with Crippen molar-refractivity contribution in [2.75, 3.05) is 12.9 Å². The van der Waals surface area contributed by atoms with E-state index >= 15 is 0 Å². The van der Waals surface area contributed by atoms with E-state index in [0.29, 0.717) is 0 Å². The van der Waals surface area contributed by atoms with Gasteiger partial charge in [-0.15, -0.1) is 0 Å². The van der Waals surface area contributed by atoms with Crippen LogP contribution in [0.4, 0.5) is 0 Å². The first-order valence-electron chi connectivity index (χ1n) is 8.69. The van der Waals surface area contributed by atoms with E-state index in [-0.39, 0.29) is 11.7 Å². The first-order valence-corrected chi connectivity index (χ1v) is 9.67.